The fraction of sp³-hybridized carbons (Fsp3) is 0.538. The number of amides is 2. The van der Waals surface area contributed by atoms with Gasteiger partial charge in [0.25, 0.3) is 5.91 Å². The highest BCUT2D eigenvalue weighted by Crippen LogP contribution is 2.16. The molecule has 0 atom stereocenters. The van der Waals surface area contributed by atoms with Crippen molar-refractivity contribution in [2.75, 3.05) is 18.9 Å². The van der Waals surface area contributed by atoms with Crippen molar-refractivity contribution < 1.29 is 19.1 Å². The lowest BCUT2D eigenvalue weighted by atomic mass is 10.2. The standard InChI is InChI=1S/C13H19N3O4S/c1-8(17)14-12-15-9(7-21-12)11(19)16(5)6-10(18)20-13(2,3)4/h7H,6H2,1-5H3,(H,14,15,17). The Bertz CT molecular complexity index is 548. The molecule has 0 aromatic carbocycles. The van der Waals surface area contributed by atoms with Gasteiger partial charge in [-0.1, -0.05) is 0 Å². The van der Waals surface area contributed by atoms with Gasteiger partial charge in [-0.3, -0.25) is 14.4 Å². The van der Waals surface area contributed by atoms with Crippen LogP contribution in [0.15, 0.2) is 5.38 Å². The number of rotatable bonds is 4. The van der Waals surface area contributed by atoms with E-state index < -0.39 is 17.5 Å². The predicted molar refractivity (Wildman–Crippen MR) is 79.2 cm³/mol. The molecule has 2 amide bonds. The molecule has 0 saturated carbocycles. The third-order valence-electron chi connectivity index (χ3n) is 2.14. The van der Waals surface area contributed by atoms with Gasteiger partial charge in [-0.15, -0.1) is 11.3 Å². The number of hydrogen-bond acceptors (Lipinski definition) is 6. The van der Waals surface area contributed by atoms with Crippen LogP contribution in [0, 0.1) is 0 Å². The number of likely N-dealkylation sites (N-methyl/N-ethyl adjacent to an activating group) is 1. The number of hydrogen-bond donors (Lipinski definition) is 1. The molecule has 0 spiro atoms. The zero-order valence-corrected chi connectivity index (χ0v) is 13.5. The first-order valence-corrected chi connectivity index (χ1v) is 7.17. The van der Waals surface area contributed by atoms with Gasteiger partial charge in [-0.05, 0) is 20.8 Å². The summed E-state index contributed by atoms with van der Waals surface area (Å²) >= 11 is 1.15. The number of carbonyl (C=O) groups is 3. The van der Waals surface area contributed by atoms with Crippen molar-refractivity contribution >= 4 is 34.3 Å². The predicted octanol–water partition coefficient (Wildman–Crippen LogP) is 1.52. The number of aromatic nitrogens is 1. The highest BCUT2D eigenvalue weighted by molar-refractivity contribution is 7.14. The number of nitrogens with one attached hydrogen (secondary N) is 1. The molecule has 1 aromatic heterocycles. The molecular formula is C13H19N3O4S. The van der Waals surface area contributed by atoms with Crippen molar-refractivity contribution in [2.24, 2.45) is 0 Å². The summed E-state index contributed by atoms with van der Waals surface area (Å²) in [6, 6.07) is 0. The van der Waals surface area contributed by atoms with Gasteiger partial charge in [0.15, 0.2) is 5.13 Å². The number of thiazole rings is 1. The van der Waals surface area contributed by atoms with E-state index in [0.29, 0.717) is 5.13 Å². The zero-order chi connectivity index (χ0) is 16.2. The second-order valence-electron chi connectivity index (χ2n) is 5.47. The van der Waals surface area contributed by atoms with Crippen LogP contribution in [-0.4, -0.2) is 46.9 Å². The molecule has 1 aromatic rings. The van der Waals surface area contributed by atoms with Gasteiger partial charge in [-0.25, -0.2) is 4.98 Å². The van der Waals surface area contributed by atoms with Gasteiger partial charge in [0.2, 0.25) is 5.91 Å². The van der Waals surface area contributed by atoms with Crippen molar-refractivity contribution in [2.45, 2.75) is 33.3 Å². The second kappa shape index (κ2) is 6.66. The van der Waals surface area contributed by atoms with Crippen LogP contribution in [0.2, 0.25) is 0 Å². The fourth-order valence-electron chi connectivity index (χ4n) is 1.41. The Kier molecular flexibility index (Phi) is 5.42. The molecule has 1 N–H and O–H groups in total. The van der Waals surface area contributed by atoms with Crippen LogP contribution < -0.4 is 5.32 Å². The molecule has 1 rings (SSSR count). The normalized spacial score (nSPS) is 10.9. The van der Waals surface area contributed by atoms with E-state index >= 15 is 0 Å². The summed E-state index contributed by atoms with van der Waals surface area (Å²) in [5.74, 6) is -1.16. The highest BCUT2D eigenvalue weighted by atomic mass is 32.1. The van der Waals surface area contributed by atoms with Crippen LogP contribution in [-0.2, 0) is 14.3 Å². The third kappa shape index (κ3) is 5.90. The van der Waals surface area contributed by atoms with Gasteiger partial charge >= 0.3 is 5.97 Å². The number of ether oxygens (including phenoxy) is 1. The summed E-state index contributed by atoms with van der Waals surface area (Å²) in [6.07, 6.45) is 0. The molecule has 116 valence electrons. The average molecular weight is 313 g/mol. The molecule has 0 bridgehead atoms. The molecule has 0 radical (unpaired) electrons. The summed E-state index contributed by atoms with van der Waals surface area (Å²) < 4.78 is 5.14. The van der Waals surface area contributed by atoms with E-state index in [0.717, 1.165) is 11.3 Å². The van der Waals surface area contributed by atoms with Crippen LogP contribution in [0.25, 0.3) is 0 Å². The molecule has 1 heterocycles. The number of anilines is 1. The summed E-state index contributed by atoms with van der Waals surface area (Å²) in [4.78, 5) is 39.9. The van der Waals surface area contributed by atoms with Crippen LogP contribution in [0.4, 0.5) is 5.13 Å². The number of esters is 1. The van der Waals surface area contributed by atoms with E-state index in [4.69, 9.17) is 4.74 Å². The first-order chi connectivity index (χ1) is 9.58. The SMILES string of the molecule is CC(=O)Nc1nc(C(=O)N(C)CC(=O)OC(C)(C)C)cs1. The summed E-state index contributed by atoms with van der Waals surface area (Å²) in [5.41, 5.74) is -0.421. The second-order valence-corrected chi connectivity index (χ2v) is 6.32. The smallest absolute Gasteiger partial charge is 0.326 e. The highest BCUT2D eigenvalue weighted by Gasteiger charge is 2.22. The molecular weight excluding hydrogens is 294 g/mol. The lowest BCUT2D eigenvalue weighted by Gasteiger charge is -2.22. The molecule has 0 saturated heterocycles. The molecule has 8 heteroatoms. The van der Waals surface area contributed by atoms with Gasteiger partial charge in [0, 0.05) is 19.4 Å². The van der Waals surface area contributed by atoms with Crippen LogP contribution in [0.1, 0.15) is 38.2 Å². The van der Waals surface area contributed by atoms with Gasteiger partial charge in [0.1, 0.15) is 17.8 Å². The van der Waals surface area contributed by atoms with Crippen LogP contribution in [0.5, 0.6) is 0 Å². The van der Waals surface area contributed by atoms with Crippen molar-refractivity contribution in [3.05, 3.63) is 11.1 Å². The van der Waals surface area contributed by atoms with E-state index in [-0.39, 0.29) is 18.1 Å². The van der Waals surface area contributed by atoms with Crippen molar-refractivity contribution in [3.8, 4) is 0 Å². The maximum absolute atomic E-state index is 12.1. The van der Waals surface area contributed by atoms with Crippen molar-refractivity contribution in [1.82, 2.24) is 9.88 Å². The molecule has 21 heavy (non-hydrogen) atoms. The first-order valence-electron chi connectivity index (χ1n) is 6.29. The van der Waals surface area contributed by atoms with E-state index in [1.165, 1.54) is 24.3 Å². The Labute approximate surface area is 127 Å². The lowest BCUT2D eigenvalue weighted by Crippen LogP contribution is -2.36. The Morgan fingerprint density at radius 2 is 2.00 bits per heavy atom. The molecule has 0 aliphatic heterocycles. The Morgan fingerprint density at radius 1 is 1.38 bits per heavy atom. The van der Waals surface area contributed by atoms with E-state index in [2.05, 4.69) is 10.3 Å². The van der Waals surface area contributed by atoms with Gasteiger partial charge < -0.3 is 15.0 Å². The van der Waals surface area contributed by atoms with E-state index in [1.807, 2.05) is 0 Å². The minimum Gasteiger partial charge on any atom is -0.459 e. The minimum atomic E-state index is -0.597. The maximum Gasteiger partial charge on any atom is 0.326 e. The quantitative estimate of drug-likeness (QED) is 0.851. The average Bonchev–Trinajstić information content (AvgIpc) is 2.72. The topological polar surface area (TPSA) is 88.6 Å². The lowest BCUT2D eigenvalue weighted by molar-refractivity contribution is -0.155. The van der Waals surface area contributed by atoms with Crippen LogP contribution in [0.3, 0.4) is 0 Å². The molecule has 0 aliphatic carbocycles. The maximum atomic E-state index is 12.1. The Morgan fingerprint density at radius 3 is 2.52 bits per heavy atom. The monoisotopic (exact) mass is 313 g/mol. The van der Waals surface area contributed by atoms with Crippen molar-refractivity contribution in [3.63, 3.8) is 0 Å². The molecule has 0 aliphatic rings. The minimum absolute atomic E-state index is 0.164. The van der Waals surface area contributed by atoms with Crippen molar-refractivity contribution in [1.29, 1.82) is 0 Å². The summed E-state index contributed by atoms with van der Waals surface area (Å²) in [7, 11) is 1.49. The zero-order valence-electron chi connectivity index (χ0n) is 12.7. The van der Waals surface area contributed by atoms with E-state index in [1.54, 1.807) is 20.8 Å². The van der Waals surface area contributed by atoms with Gasteiger partial charge in [0.05, 0.1) is 0 Å². The number of nitrogens with zero attached hydrogens (tertiary/aromatic N) is 2. The van der Waals surface area contributed by atoms with Crippen LogP contribution >= 0.6 is 11.3 Å². The largest absolute Gasteiger partial charge is 0.459 e. The fourth-order valence-corrected chi connectivity index (χ4v) is 2.15. The van der Waals surface area contributed by atoms with E-state index in [9.17, 15) is 14.4 Å². The molecule has 0 unspecified atom stereocenters. The molecule has 7 nitrogen and oxygen atoms in total. The summed E-state index contributed by atoms with van der Waals surface area (Å²) in [5, 5.41) is 4.37. The first kappa shape index (κ1) is 17.1. The summed E-state index contributed by atoms with van der Waals surface area (Å²) in [6.45, 7) is 6.47. The third-order valence-corrected chi connectivity index (χ3v) is 2.90. The Balaban J connectivity index is 2.64. The molecule has 0 fully saturated rings. The Hall–Kier alpha value is -1.96. The van der Waals surface area contributed by atoms with Gasteiger partial charge in [-0.2, -0.15) is 0 Å². The number of carbonyl (C=O) groups excluding carboxylic acids is 3.